The third-order valence-electron chi connectivity index (χ3n) is 3.21. The summed E-state index contributed by atoms with van der Waals surface area (Å²) in [6, 6.07) is 11.9. The minimum atomic E-state index is -3.35. The summed E-state index contributed by atoms with van der Waals surface area (Å²) in [4.78, 5) is 12.3. The van der Waals surface area contributed by atoms with Crippen LogP contribution in [-0.2, 0) is 10.0 Å². The largest absolute Gasteiger partial charge is 0.494 e. The van der Waals surface area contributed by atoms with E-state index in [2.05, 4.69) is 10.0 Å². The van der Waals surface area contributed by atoms with Gasteiger partial charge in [-0.3, -0.25) is 9.52 Å². The Labute approximate surface area is 141 Å². The number of carbonyl (C=O) groups is 1. The maximum atomic E-state index is 12.3. The Hall–Kier alpha value is -2.54. The first-order chi connectivity index (χ1) is 11.3. The summed E-state index contributed by atoms with van der Waals surface area (Å²) in [5, 5.41) is 2.79. The van der Waals surface area contributed by atoms with Crippen LogP contribution >= 0.6 is 0 Å². The van der Waals surface area contributed by atoms with E-state index >= 15 is 0 Å². The highest BCUT2D eigenvalue weighted by molar-refractivity contribution is 7.92. The lowest BCUT2D eigenvalue weighted by atomic mass is 10.1. The van der Waals surface area contributed by atoms with Crippen molar-refractivity contribution in [3.8, 4) is 5.75 Å². The molecule has 24 heavy (non-hydrogen) atoms. The van der Waals surface area contributed by atoms with Crippen molar-refractivity contribution in [1.29, 1.82) is 0 Å². The maximum absolute atomic E-state index is 12.3. The van der Waals surface area contributed by atoms with E-state index in [1.54, 1.807) is 49.4 Å². The van der Waals surface area contributed by atoms with E-state index in [1.807, 2.05) is 6.92 Å². The highest BCUT2D eigenvalue weighted by atomic mass is 32.2. The highest BCUT2D eigenvalue weighted by Gasteiger charge is 2.10. The number of nitrogens with one attached hydrogen (secondary N) is 2. The molecule has 0 radical (unpaired) electrons. The summed E-state index contributed by atoms with van der Waals surface area (Å²) in [7, 11) is -3.35. The molecule has 0 saturated carbocycles. The van der Waals surface area contributed by atoms with Gasteiger partial charge in [-0.25, -0.2) is 8.42 Å². The Balaban J connectivity index is 2.11. The van der Waals surface area contributed by atoms with Crippen LogP contribution in [0.3, 0.4) is 0 Å². The second-order valence-electron chi connectivity index (χ2n) is 5.32. The predicted molar refractivity (Wildman–Crippen MR) is 95.2 cm³/mol. The van der Waals surface area contributed by atoms with Gasteiger partial charge in [-0.2, -0.15) is 0 Å². The molecule has 0 bridgehead atoms. The Bertz CT molecular complexity index is 830. The predicted octanol–water partition coefficient (Wildman–Crippen LogP) is 3.02. The fourth-order valence-corrected chi connectivity index (χ4v) is 2.75. The van der Waals surface area contributed by atoms with Crippen LogP contribution in [0, 0.1) is 6.92 Å². The number of aryl methyl sites for hydroxylation is 1. The molecule has 0 spiro atoms. The molecule has 7 heteroatoms. The van der Waals surface area contributed by atoms with Gasteiger partial charge in [0.1, 0.15) is 5.75 Å². The van der Waals surface area contributed by atoms with E-state index in [0.29, 0.717) is 29.1 Å². The first kappa shape index (κ1) is 17.8. The van der Waals surface area contributed by atoms with Gasteiger partial charge in [0.25, 0.3) is 5.91 Å². The zero-order valence-corrected chi connectivity index (χ0v) is 14.6. The van der Waals surface area contributed by atoms with Gasteiger partial charge in [-0.15, -0.1) is 0 Å². The van der Waals surface area contributed by atoms with Crippen molar-refractivity contribution in [3.63, 3.8) is 0 Å². The second-order valence-corrected chi connectivity index (χ2v) is 7.06. The van der Waals surface area contributed by atoms with E-state index < -0.39 is 10.0 Å². The van der Waals surface area contributed by atoms with Crippen LogP contribution in [0.5, 0.6) is 5.75 Å². The normalized spacial score (nSPS) is 11.0. The SMILES string of the molecule is CCOc1ccc(NC(=O)c2ccc(NS(C)(=O)=O)c(C)c2)cc1. The van der Waals surface area contributed by atoms with Crippen molar-refractivity contribution in [2.45, 2.75) is 13.8 Å². The number of carbonyl (C=O) groups excluding carboxylic acids is 1. The molecular formula is C17H20N2O4S. The molecule has 0 unspecified atom stereocenters. The van der Waals surface area contributed by atoms with Crippen LogP contribution in [0.4, 0.5) is 11.4 Å². The van der Waals surface area contributed by atoms with Crippen LogP contribution < -0.4 is 14.8 Å². The lowest BCUT2D eigenvalue weighted by Gasteiger charge is -2.10. The number of ether oxygens (including phenoxy) is 1. The Morgan fingerprint density at radius 1 is 1.12 bits per heavy atom. The summed E-state index contributed by atoms with van der Waals surface area (Å²) >= 11 is 0. The van der Waals surface area contributed by atoms with Crippen molar-refractivity contribution in [2.75, 3.05) is 22.9 Å². The zero-order chi connectivity index (χ0) is 17.7. The number of sulfonamides is 1. The van der Waals surface area contributed by atoms with Crippen molar-refractivity contribution >= 4 is 27.3 Å². The number of benzene rings is 2. The molecule has 2 N–H and O–H groups in total. The molecule has 128 valence electrons. The molecule has 0 aliphatic rings. The number of anilines is 2. The molecule has 2 rings (SSSR count). The quantitative estimate of drug-likeness (QED) is 0.840. The van der Waals surface area contributed by atoms with Gasteiger partial charge in [0, 0.05) is 11.3 Å². The summed E-state index contributed by atoms with van der Waals surface area (Å²) in [6.07, 6.45) is 1.08. The molecule has 2 aromatic carbocycles. The van der Waals surface area contributed by atoms with E-state index in [1.165, 1.54) is 0 Å². The lowest BCUT2D eigenvalue weighted by Crippen LogP contribution is -2.14. The Kier molecular flexibility index (Phi) is 5.46. The van der Waals surface area contributed by atoms with Gasteiger partial charge in [-0.05, 0) is 61.9 Å². The van der Waals surface area contributed by atoms with E-state index in [9.17, 15) is 13.2 Å². The maximum Gasteiger partial charge on any atom is 0.255 e. The molecule has 6 nitrogen and oxygen atoms in total. The van der Waals surface area contributed by atoms with Gasteiger partial charge in [-0.1, -0.05) is 0 Å². The molecule has 0 saturated heterocycles. The number of hydrogen-bond donors (Lipinski definition) is 2. The average molecular weight is 348 g/mol. The summed E-state index contributed by atoms with van der Waals surface area (Å²) in [5.74, 6) is 0.468. The van der Waals surface area contributed by atoms with Crippen LogP contribution in [-0.4, -0.2) is 27.2 Å². The van der Waals surface area contributed by atoms with Crippen molar-refractivity contribution in [2.24, 2.45) is 0 Å². The van der Waals surface area contributed by atoms with Crippen LogP contribution in [0.2, 0.25) is 0 Å². The van der Waals surface area contributed by atoms with Crippen molar-refractivity contribution < 1.29 is 17.9 Å². The monoisotopic (exact) mass is 348 g/mol. The van der Waals surface area contributed by atoms with Crippen molar-refractivity contribution in [1.82, 2.24) is 0 Å². The van der Waals surface area contributed by atoms with Gasteiger partial charge < -0.3 is 10.1 Å². The van der Waals surface area contributed by atoms with E-state index in [0.717, 1.165) is 12.0 Å². The third-order valence-corrected chi connectivity index (χ3v) is 3.80. The molecule has 1 amide bonds. The first-order valence-electron chi connectivity index (χ1n) is 7.41. The zero-order valence-electron chi connectivity index (χ0n) is 13.8. The van der Waals surface area contributed by atoms with Crippen LogP contribution in [0.15, 0.2) is 42.5 Å². The van der Waals surface area contributed by atoms with Gasteiger partial charge in [0.05, 0.1) is 18.6 Å². The number of rotatable bonds is 6. The van der Waals surface area contributed by atoms with Crippen molar-refractivity contribution in [3.05, 3.63) is 53.6 Å². The molecule has 0 fully saturated rings. The smallest absolute Gasteiger partial charge is 0.255 e. The number of amides is 1. The Morgan fingerprint density at radius 2 is 1.79 bits per heavy atom. The minimum absolute atomic E-state index is 0.270. The first-order valence-corrected chi connectivity index (χ1v) is 9.30. The van der Waals surface area contributed by atoms with Crippen LogP contribution in [0.1, 0.15) is 22.8 Å². The summed E-state index contributed by atoms with van der Waals surface area (Å²) in [5.41, 5.74) is 2.22. The minimum Gasteiger partial charge on any atom is -0.494 e. The fourth-order valence-electron chi connectivity index (χ4n) is 2.12. The highest BCUT2D eigenvalue weighted by Crippen LogP contribution is 2.20. The fraction of sp³-hybridized carbons (Fsp3) is 0.235. The second kappa shape index (κ2) is 7.35. The summed E-state index contributed by atoms with van der Waals surface area (Å²) < 4.78 is 30.3. The standard InChI is InChI=1S/C17H20N2O4S/c1-4-23-15-8-6-14(7-9-15)18-17(20)13-5-10-16(12(2)11-13)19-24(3,21)22/h5-11,19H,4H2,1-3H3,(H,18,20). The Morgan fingerprint density at radius 3 is 2.33 bits per heavy atom. The van der Waals surface area contributed by atoms with Gasteiger partial charge in [0.2, 0.25) is 10.0 Å². The molecule has 0 aliphatic heterocycles. The molecule has 0 heterocycles. The van der Waals surface area contributed by atoms with Crippen LogP contribution in [0.25, 0.3) is 0 Å². The third kappa shape index (κ3) is 4.99. The molecule has 2 aromatic rings. The molecular weight excluding hydrogens is 328 g/mol. The molecule has 0 atom stereocenters. The summed E-state index contributed by atoms with van der Waals surface area (Å²) in [6.45, 7) is 4.22. The van der Waals surface area contributed by atoms with E-state index in [-0.39, 0.29) is 5.91 Å². The molecule has 0 aromatic heterocycles. The number of hydrogen-bond acceptors (Lipinski definition) is 4. The van der Waals surface area contributed by atoms with Gasteiger partial charge >= 0.3 is 0 Å². The lowest BCUT2D eigenvalue weighted by molar-refractivity contribution is 0.102. The molecule has 0 aliphatic carbocycles. The van der Waals surface area contributed by atoms with Gasteiger partial charge in [0.15, 0.2) is 0 Å². The van der Waals surface area contributed by atoms with E-state index in [4.69, 9.17) is 4.74 Å². The average Bonchev–Trinajstić information content (AvgIpc) is 2.50. The topological polar surface area (TPSA) is 84.5 Å².